The van der Waals surface area contributed by atoms with Crippen LogP contribution in [0.5, 0.6) is 5.75 Å². The van der Waals surface area contributed by atoms with Gasteiger partial charge in [-0.05, 0) is 73.6 Å². The topological polar surface area (TPSA) is 51.5 Å². The van der Waals surface area contributed by atoms with Crippen LogP contribution in [-0.2, 0) is 11.4 Å². The van der Waals surface area contributed by atoms with Gasteiger partial charge in [-0.25, -0.2) is 4.39 Å². The number of aromatic nitrogens is 1. The maximum atomic E-state index is 13.8. The number of imide groups is 1. The number of hydrogen-bond donors (Lipinski definition) is 0. The number of amides is 2. The SMILES string of the molecule is C#CCN1C(=O)S/C(=C/c2cc(C)n(-c3ccc(OCc4ccccc4F)cc3)c2C)C1=O. The zero-order chi connectivity index (χ0) is 23.5. The van der Waals surface area contributed by atoms with Crippen LogP contribution < -0.4 is 4.74 Å². The van der Waals surface area contributed by atoms with Crippen molar-refractivity contribution in [2.75, 3.05) is 6.54 Å². The Bertz CT molecular complexity index is 1300. The van der Waals surface area contributed by atoms with Crippen molar-refractivity contribution in [3.05, 3.63) is 87.8 Å². The van der Waals surface area contributed by atoms with Crippen molar-refractivity contribution in [1.29, 1.82) is 0 Å². The lowest BCUT2D eigenvalue weighted by atomic mass is 10.2. The van der Waals surface area contributed by atoms with E-state index in [2.05, 4.69) is 10.5 Å². The summed E-state index contributed by atoms with van der Waals surface area (Å²) >= 11 is 0.893. The van der Waals surface area contributed by atoms with Gasteiger partial charge in [0.1, 0.15) is 18.2 Å². The highest BCUT2D eigenvalue weighted by Crippen LogP contribution is 2.33. The number of ether oxygens (including phenoxy) is 1. The van der Waals surface area contributed by atoms with Crippen LogP contribution >= 0.6 is 11.8 Å². The van der Waals surface area contributed by atoms with E-state index >= 15 is 0 Å². The van der Waals surface area contributed by atoms with Crippen LogP contribution in [0.4, 0.5) is 9.18 Å². The number of carbonyl (C=O) groups excluding carboxylic acids is 2. The highest BCUT2D eigenvalue weighted by molar-refractivity contribution is 8.18. The van der Waals surface area contributed by atoms with Gasteiger partial charge in [0.25, 0.3) is 11.1 Å². The summed E-state index contributed by atoms with van der Waals surface area (Å²) in [6.07, 6.45) is 6.98. The average Bonchev–Trinajstić information content (AvgIpc) is 3.23. The highest BCUT2D eigenvalue weighted by atomic mass is 32.2. The normalized spacial score (nSPS) is 14.7. The molecular formula is C26H21FN2O3S. The molecular weight excluding hydrogens is 439 g/mol. The highest BCUT2D eigenvalue weighted by Gasteiger charge is 2.34. The van der Waals surface area contributed by atoms with Crippen molar-refractivity contribution in [3.63, 3.8) is 0 Å². The molecule has 0 atom stereocenters. The number of hydrogen-bond acceptors (Lipinski definition) is 4. The fourth-order valence-electron chi connectivity index (χ4n) is 3.67. The molecule has 1 fully saturated rings. The summed E-state index contributed by atoms with van der Waals surface area (Å²) in [6.45, 7) is 4.03. The smallest absolute Gasteiger partial charge is 0.294 e. The van der Waals surface area contributed by atoms with Crippen molar-refractivity contribution < 1.29 is 18.7 Å². The Hall–Kier alpha value is -3.76. The number of carbonyl (C=O) groups is 2. The van der Waals surface area contributed by atoms with Crippen LogP contribution in [0.25, 0.3) is 11.8 Å². The van der Waals surface area contributed by atoms with Gasteiger partial charge in [-0.3, -0.25) is 14.5 Å². The van der Waals surface area contributed by atoms with E-state index in [9.17, 15) is 14.0 Å². The molecule has 0 unspecified atom stereocenters. The molecule has 1 aliphatic heterocycles. The number of rotatable bonds is 6. The molecule has 2 heterocycles. The maximum Gasteiger partial charge on any atom is 0.294 e. The van der Waals surface area contributed by atoms with E-state index < -0.39 is 0 Å². The first-order chi connectivity index (χ1) is 15.9. The van der Waals surface area contributed by atoms with Gasteiger partial charge in [0, 0.05) is 22.6 Å². The lowest BCUT2D eigenvalue weighted by molar-refractivity contribution is -0.122. The molecule has 1 saturated heterocycles. The lowest BCUT2D eigenvalue weighted by Crippen LogP contribution is -2.28. The quantitative estimate of drug-likeness (QED) is 0.361. The Labute approximate surface area is 195 Å². The first kappa shape index (κ1) is 22.4. The van der Waals surface area contributed by atoms with Gasteiger partial charge in [0.15, 0.2) is 0 Å². The molecule has 0 bridgehead atoms. The predicted molar refractivity (Wildman–Crippen MR) is 127 cm³/mol. The number of thioether (sulfide) groups is 1. The summed E-state index contributed by atoms with van der Waals surface area (Å²) < 4.78 is 21.6. The monoisotopic (exact) mass is 460 g/mol. The fraction of sp³-hybridized carbons (Fsp3) is 0.154. The molecule has 33 heavy (non-hydrogen) atoms. The van der Waals surface area contributed by atoms with Crippen LogP contribution in [0.15, 0.2) is 59.5 Å². The van der Waals surface area contributed by atoms with Crippen LogP contribution in [0.3, 0.4) is 0 Å². The second-order valence-electron chi connectivity index (χ2n) is 7.51. The Morgan fingerprint density at radius 1 is 1.12 bits per heavy atom. The fourth-order valence-corrected chi connectivity index (χ4v) is 4.50. The summed E-state index contributed by atoms with van der Waals surface area (Å²) in [7, 11) is 0. The molecule has 2 amide bonds. The molecule has 5 nitrogen and oxygen atoms in total. The minimum absolute atomic E-state index is 0.0354. The first-order valence-electron chi connectivity index (χ1n) is 10.2. The molecule has 0 saturated carbocycles. The second kappa shape index (κ2) is 9.39. The maximum absolute atomic E-state index is 13.8. The lowest BCUT2D eigenvalue weighted by Gasteiger charge is -2.12. The van der Waals surface area contributed by atoms with Gasteiger partial charge < -0.3 is 9.30 Å². The Morgan fingerprint density at radius 3 is 2.55 bits per heavy atom. The Kier molecular flexibility index (Phi) is 6.38. The Morgan fingerprint density at radius 2 is 1.85 bits per heavy atom. The van der Waals surface area contributed by atoms with Crippen molar-refractivity contribution in [2.24, 2.45) is 0 Å². The molecule has 0 radical (unpaired) electrons. The zero-order valence-corrected chi connectivity index (χ0v) is 19.0. The third-order valence-corrected chi connectivity index (χ3v) is 6.23. The van der Waals surface area contributed by atoms with Crippen molar-refractivity contribution >= 4 is 29.0 Å². The molecule has 0 aliphatic carbocycles. The Balaban J connectivity index is 1.54. The van der Waals surface area contributed by atoms with E-state index in [1.807, 2.05) is 44.2 Å². The van der Waals surface area contributed by atoms with E-state index in [-0.39, 0.29) is 30.1 Å². The molecule has 166 valence electrons. The van der Waals surface area contributed by atoms with Crippen LogP contribution in [0.2, 0.25) is 0 Å². The van der Waals surface area contributed by atoms with Crippen molar-refractivity contribution in [3.8, 4) is 23.8 Å². The number of benzene rings is 2. The van der Waals surface area contributed by atoms with Gasteiger partial charge in [-0.2, -0.15) is 0 Å². The van der Waals surface area contributed by atoms with E-state index in [4.69, 9.17) is 11.2 Å². The second-order valence-corrected chi connectivity index (χ2v) is 8.50. The molecule has 0 N–H and O–H groups in total. The van der Waals surface area contributed by atoms with Crippen molar-refractivity contribution in [2.45, 2.75) is 20.5 Å². The van der Waals surface area contributed by atoms with Gasteiger partial charge in [-0.15, -0.1) is 6.42 Å². The minimum atomic E-state index is -0.371. The van der Waals surface area contributed by atoms with Gasteiger partial charge in [0.05, 0.1) is 11.4 Å². The summed E-state index contributed by atoms with van der Waals surface area (Å²) in [5.74, 6) is 2.30. The third-order valence-electron chi connectivity index (χ3n) is 5.33. The number of aryl methyl sites for hydroxylation is 1. The summed E-state index contributed by atoms with van der Waals surface area (Å²) in [5, 5.41) is -0.357. The predicted octanol–water partition coefficient (Wildman–Crippen LogP) is 5.48. The van der Waals surface area contributed by atoms with E-state index in [1.165, 1.54) is 6.07 Å². The standard InChI is InChI=1S/C26H21FN2O3S/c1-4-13-28-25(30)24(33-26(28)31)15-20-14-17(2)29(18(20)3)21-9-11-22(12-10-21)32-16-19-7-5-6-8-23(19)27/h1,5-12,14-15H,13,16H2,2-3H3/b24-15+. The number of nitrogens with zero attached hydrogens (tertiary/aromatic N) is 2. The molecule has 3 aromatic rings. The first-order valence-corrected chi connectivity index (χ1v) is 11.0. The third kappa shape index (κ3) is 4.57. The van der Waals surface area contributed by atoms with Crippen LogP contribution in [-0.4, -0.2) is 27.2 Å². The van der Waals surface area contributed by atoms with Gasteiger partial charge in [-0.1, -0.05) is 24.1 Å². The number of halogens is 1. The molecule has 7 heteroatoms. The summed E-state index contributed by atoms with van der Waals surface area (Å²) in [5.41, 5.74) is 4.16. The average molecular weight is 461 g/mol. The molecule has 4 rings (SSSR count). The largest absolute Gasteiger partial charge is 0.489 e. The zero-order valence-electron chi connectivity index (χ0n) is 18.2. The number of terminal acetylenes is 1. The van der Waals surface area contributed by atoms with Crippen LogP contribution in [0.1, 0.15) is 22.5 Å². The van der Waals surface area contributed by atoms with E-state index in [0.717, 1.165) is 39.3 Å². The van der Waals surface area contributed by atoms with E-state index in [0.29, 0.717) is 16.2 Å². The molecule has 0 spiro atoms. The summed E-state index contributed by atoms with van der Waals surface area (Å²) in [6, 6.07) is 16.0. The molecule has 1 aliphatic rings. The van der Waals surface area contributed by atoms with Crippen molar-refractivity contribution in [1.82, 2.24) is 9.47 Å². The van der Waals surface area contributed by atoms with E-state index in [1.54, 1.807) is 24.3 Å². The molecule has 2 aromatic carbocycles. The molecule has 1 aromatic heterocycles. The van der Waals surface area contributed by atoms with Gasteiger partial charge >= 0.3 is 0 Å². The summed E-state index contributed by atoms with van der Waals surface area (Å²) in [4.78, 5) is 25.9. The minimum Gasteiger partial charge on any atom is -0.489 e. The van der Waals surface area contributed by atoms with Gasteiger partial charge in [0.2, 0.25) is 0 Å². The van der Waals surface area contributed by atoms with Crippen LogP contribution in [0, 0.1) is 32.0 Å².